The van der Waals surface area contributed by atoms with E-state index < -0.39 is 17.6 Å². The van der Waals surface area contributed by atoms with Gasteiger partial charge in [-0.15, -0.1) is 0 Å². The molecule has 1 aromatic carbocycles. The minimum absolute atomic E-state index is 0.226. The lowest BCUT2D eigenvalue weighted by molar-refractivity contribution is 0.0693. The summed E-state index contributed by atoms with van der Waals surface area (Å²) < 4.78 is 1.49. The number of carboxylic acids is 1. The van der Waals surface area contributed by atoms with Crippen molar-refractivity contribution in [2.45, 2.75) is 0 Å². The molecule has 0 spiro atoms. The van der Waals surface area contributed by atoms with E-state index in [1.54, 1.807) is 19.3 Å². The highest BCUT2D eigenvalue weighted by molar-refractivity contribution is 6.03. The van der Waals surface area contributed by atoms with Gasteiger partial charge in [-0.05, 0) is 18.2 Å². The molecule has 0 saturated heterocycles. The predicted molar refractivity (Wildman–Crippen MR) is 66.2 cm³/mol. The van der Waals surface area contributed by atoms with Crippen LogP contribution in [-0.2, 0) is 7.05 Å². The molecule has 0 atom stereocenters. The highest BCUT2D eigenvalue weighted by atomic mass is 16.4. The second kappa shape index (κ2) is 4.81. The first-order chi connectivity index (χ1) is 8.97. The van der Waals surface area contributed by atoms with Crippen molar-refractivity contribution in [3.05, 3.63) is 41.7 Å². The fourth-order valence-electron chi connectivity index (χ4n) is 1.52. The van der Waals surface area contributed by atoms with E-state index in [0.29, 0.717) is 0 Å². The zero-order chi connectivity index (χ0) is 14.0. The number of hydrogen-bond donors (Lipinski definition) is 3. The van der Waals surface area contributed by atoms with Gasteiger partial charge in [0.2, 0.25) is 0 Å². The van der Waals surface area contributed by atoms with Crippen LogP contribution in [0.4, 0.5) is 5.69 Å². The normalized spacial score (nSPS) is 10.2. The van der Waals surface area contributed by atoms with Gasteiger partial charge in [-0.1, -0.05) is 0 Å². The Kier molecular flexibility index (Phi) is 3.19. The average molecular weight is 261 g/mol. The number of aromatic nitrogens is 2. The number of rotatable bonds is 3. The van der Waals surface area contributed by atoms with Gasteiger partial charge in [-0.2, -0.15) is 5.10 Å². The van der Waals surface area contributed by atoms with E-state index in [1.165, 1.54) is 22.9 Å². The van der Waals surface area contributed by atoms with E-state index in [4.69, 9.17) is 5.11 Å². The summed E-state index contributed by atoms with van der Waals surface area (Å²) in [4.78, 5) is 22.5. The van der Waals surface area contributed by atoms with Gasteiger partial charge < -0.3 is 15.5 Å². The molecule has 19 heavy (non-hydrogen) atoms. The molecule has 2 rings (SSSR count). The minimum atomic E-state index is -1.24. The van der Waals surface area contributed by atoms with E-state index >= 15 is 0 Å². The lowest BCUT2D eigenvalue weighted by atomic mass is 10.2. The molecule has 3 N–H and O–H groups in total. The number of carbonyl (C=O) groups excluding carboxylic acids is 1. The molecule has 7 heteroatoms. The standard InChI is InChI=1S/C12H11N3O4/c1-15-5-4-9(14-15)11(17)13-7-2-3-8(12(18)19)10(16)6-7/h2-6,16H,1H3,(H,13,17)(H,18,19). The lowest BCUT2D eigenvalue weighted by Crippen LogP contribution is -2.13. The molecule has 0 bridgehead atoms. The molecule has 0 unspecified atom stereocenters. The molecule has 0 radical (unpaired) electrons. The second-order valence-electron chi connectivity index (χ2n) is 3.87. The number of aromatic carboxylic acids is 1. The Bertz CT molecular complexity index is 648. The van der Waals surface area contributed by atoms with Crippen LogP contribution in [0.25, 0.3) is 0 Å². The molecule has 7 nitrogen and oxygen atoms in total. The topological polar surface area (TPSA) is 104 Å². The third-order valence-electron chi connectivity index (χ3n) is 2.43. The summed E-state index contributed by atoms with van der Waals surface area (Å²) in [6.07, 6.45) is 1.62. The first kappa shape index (κ1) is 12.6. The molecule has 2 aromatic rings. The summed E-state index contributed by atoms with van der Waals surface area (Å²) >= 11 is 0. The largest absolute Gasteiger partial charge is 0.507 e. The van der Waals surface area contributed by atoms with E-state index in [0.717, 1.165) is 0 Å². The first-order valence-electron chi connectivity index (χ1n) is 5.34. The van der Waals surface area contributed by atoms with Crippen molar-refractivity contribution in [3.8, 4) is 5.75 Å². The van der Waals surface area contributed by atoms with Crippen molar-refractivity contribution in [1.29, 1.82) is 0 Å². The lowest BCUT2D eigenvalue weighted by Gasteiger charge is -2.05. The highest BCUT2D eigenvalue weighted by Gasteiger charge is 2.12. The molecule has 0 aliphatic carbocycles. The Hall–Kier alpha value is -2.83. The highest BCUT2D eigenvalue weighted by Crippen LogP contribution is 2.22. The Morgan fingerprint density at radius 2 is 2.05 bits per heavy atom. The number of anilines is 1. The average Bonchev–Trinajstić information content (AvgIpc) is 2.75. The van der Waals surface area contributed by atoms with Crippen LogP contribution >= 0.6 is 0 Å². The minimum Gasteiger partial charge on any atom is -0.507 e. The number of phenols is 1. The fourth-order valence-corrected chi connectivity index (χ4v) is 1.52. The third-order valence-corrected chi connectivity index (χ3v) is 2.43. The van der Waals surface area contributed by atoms with E-state index in [-0.39, 0.29) is 16.9 Å². The molecule has 1 amide bonds. The van der Waals surface area contributed by atoms with E-state index in [1.807, 2.05) is 0 Å². The van der Waals surface area contributed by atoms with Gasteiger partial charge in [0.1, 0.15) is 11.3 Å². The van der Waals surface area contributed by atoms with Crippen LogP contribution < -0.4 is 5.32 Å². The van der Waals surface area contributed by atoms with Gasteiger partial charge in [0, 0.05) is 25.0 Å². The maximum Gasteiger partial charge on any atom is 0.339 e. The fraction of sp³-hybridized carbons (Fsp3) is 0.0833. The Morgan fingerprint density at radius 3 is 2.58 bits per heavy atom. The molecule has 1 heterocycles. The number of aromatic hydroxyl groups is 1. The maximum atomic E-state index is 11.8. The van der Waals surface area contributed by atoms with Gasteiger partial charge in [-0.3, -0.25) is 9.48 Å². The molecule has 0 fully saturated rings. The monoisotopic (exact) mass is 261 g/mol. The molecule has 0 saturated carbocycles. The van der Waals surface area contributed by atoms with Crippen LogP contribution in [0, 0.1) is 0 Å². The summed E-state index contributed by atoms with van der Waals surface area (Å²) in [5, 5.41) is 24.7. The Morgan fingerprint density at radius 1 is 1.32 bits per heavy atom. The quantitative estimate of drug-likeness (QED) is 0.766. The van der Waals surface area contributed by atoms with Crippen LogP contribution in [0.15, 0.2) is 30.5 Å². The summed E-state index contributed by atoms with van der Waals surface area (Å²) in [7, 11) is 1.68. The van der Waals surface area contributed by atoms with Crippen molar-refractivity contribution >= 4 is 17.6 Å². The predicted octanol–water partition coefficient (Wildman–Crippen LogP) is 1.08. The summed E-state index contributed by atoms with van der Waals surface area (Å²) in [5.74, 6) is -2.09. The molecular weight excluding hydrogens is 250 g/mol. The van der Waals surface area contributed by atoms with Crippen molar-refractivity contribution in [1.82, 2.24) is 9.78 Å². The first-order valence-corrected chi connectivity index (χ1v) is 5.34. The number of benzene rings is 1. The van der Waals surface area contributed by atoms with Gasteiger partial charge in [-0.25, -0.2) is 4.79 Å². The van der Waals surface area contributed by atoms with Crippen LogP contribution in [0.3, 0.4) is 0 Å². The van der Waals surface area contributed by atoms with Crippen molar-refractivity contribution < 1.29 is 19.8 Å². The van der Waals surface area contributed by atoms with Crippen molar-refractivity contribution in [2.24, 2.45) is 7.05 Å². The number of amides is 1. The van der Waals surface area contributed by atoms with Crippen molar-refractivity contribution in [3.63, 3.8) is 0 Å². The molecule has 98 valence electrons. The molecular formula is C12H11N3O4. The number of nitrogens with one attached hydrogen (secondary N) is 1. The maximum absolute atomic E-state index is 11.8. The number of carboxylic acid groups (broad SMARTS) is 1. The van der Waals surface area contributed by atoms with Crippen LogP contribution in [-0.4, -0.2) is 31.9 Å². The Labute approximate surface area is 108 Å². The van der Waals surface area contributed by atoms with Gasteiger partial charge >= 0.3 is 5.97 Å². The third kappa shape index (κ3) is 2.71. The zero-order valence-corrected chi connectivity index (χ0v) is 9.99. The van der Waals surface area contributed by atoms with E-state index in [9.17, 15) is 14.7 Å². The number of aryl methyl sites for hydroxylation is 1. The van der Waals surface area contributed by atoms with Gasteiger partial charge in [0.15, 0.2) is 5.69 Å². The summed E-state index contributed by atoms with van der Waals surface area (Å²) in [6, 6.07) is 5.32. The van der Waals surface area contributed by atoms with Crippen LogP contribution in [0.2, 0.25) is 0 Å². The molecule has 0 aliphatic heterocycles. The Balaban J connectivity index is 2.18. The van der Waals surface area contributed by atoms with E-state index in [2.05, 4.69) is 10.4 Å². The smallest absolute Gasteiger partial charge is 0.339 e. The number of nitrogens with zero attached hydrogens (tertiary/aromatic N) is 2. The zero-order valence-electron chi connectivity index (χ0n) is 9.99. The van der Waals surface area contributed by atoms with Crippen LogP contribution in [0.1, 0.15) is 20.8 Å². The summed E-state index contributed by atoms with van der Waals surface area (Å²) in [5.41, 5.74) is 0.290. The number of carbonyl (C=O) groups is 2. The van der Waals surface area contributed by atoms with Gasteiger partial charge in [0.05, 0.1) is 0 Å². The molecule has 0 aliphatic rings. The van der Waals surface area contributed by atoms with Gasteiger partial charge in [0.25, 0.3) is 5.91 Å². The summed E-state index contributed by atoms with van der Waals surface area (Å²) in [6.45, 7) is 0. The SMILES string of the molecule is Cn1ccc(C(=O)Nc2ccc(C(=O)O)c(O)c2)n1. The van der Waals surface area contributed by atoms with Crippen LogP contribution in [0.5, 0.6) is 5.75 Å². The second-order valence-corrected chi connectivity index (χ2v) is 3.87. The van der Waals surface area contributed by atoms with Crippen molar-refractivity contribution in [2.75, 3.05) is 5.32 Å². The molecule has 1 aromatic heterocycles. The number of hydrogen-bond acceptors (Lipinski definition) is 4.